The van der Waals surface area contributed by atoms with E-state index in [1.165, 1.54) is 19.3 Å². The average molecular weight is 504 g/mol. The maximum atomic E-state index is 12.4. The minimum atomic E-state index is 0. The zero-order chi connectivity index (χ0) is 19.2. The van der Waals surface area contributed by atoms with Crippen LogP contribution in [0.5, 0.6) is 0 Å². The summed E-state index contributed by atoms with van der Waals surface area (Å²) in [6.45, 7) is 9.12. The Balaban J connectivity index is 0.00000280. The van der Waals surface area contributed by atoms with Crippen molar-refractivity contribution in [1.29, 1.82) is 0 Å². The predicted molar refractivity (Wildman–Crippen MR) is 125 cm³/mol. The van der Waals surface area contributed by atoms with E-state index in [9.17, 15) is 4.79 Å². The summed E-state index contributed by atoms with van der Waals surface area (Å²) >= 11 is 0. The van der Waals surface area contributed by atoms with Crippen molar-refractivity contribution >= 4 is 29.9 Å². The largest absolute Gasteiger partial charge is 0.356 e. The normalized spacial score (nSPS) is 19.6. The summed E-state index contributed by atoms with van der Waals surface area (Å²) in [6, 6.07) is 0. The van der Waals surface area contributed by atoms with E-state index in [0.717, 1.165) is 75.5 Å². The van der Waals surface area contributed by atoms with Crippen LogP contribution in [0.15, 0.2) is 9.79 Å². The zero-order valence-electron chi connectivity index (χ0n) is 17.7. The van der Waals surface area contributed by atoms with Gasteiger partial charge in [-0.1, -0.05) is 26.7 Å². The summed E-state index contributed by atoms with van der Waals surface area (Å²) in [6.07, 6.45) is 7.84. The van der Waals surface area contributed by atoms with E-state index in [1.54, 1.807) is 4.68 Å². The van der Waals surface area contributed by atoms with Crippen LogP contribution in [0.3, 0.4) is 0 Å². The minimum Gasteiger partial charge on any atom is -0.356 e. The van der Waals surface area contributed by atoms with Gasteiger partial charge >= 0.3 is 5.69 Å². The van der Waals surface area contributed by atoms with Crippen LogP contribution in [0.1, 0.15) is 58.2 Å². The van der Waals surface area contributed by atoms with Crippen molar-refractivity contribution in [2.24, 2.45) is 16.8 Å². The molecular formula is C20H37IN6O. The molecule has 1 aromatic rings. The highest BCUT2D eigenvalue weighted by molar-refractivity contribution is 14.0. The monoisotopic (exact) mass is 504 g/mol. The molecule has 1 fully saturated rings. The van der Waals surface area contributed by atoms with E-state index >= 15 is 0 Å². The summed E-state index contributed by atoms with van der Waals surface area (Å²) in [4.78, 5) is 19.2. The van der Waals surface area contributed by atoms with Gasteiger partial charge in [0, 0.05) is 46.2 Å². The predicted octanol–water partition coefficient (Wildman–Crippen LogP) is 2.72. The highest BCUT2D eigenvalue weighted by atomic mass is 127. The summed E-state index contributed by atoms with van der Waals surface area (Å²) in [7, 11) is 1.86. The molecule has 3 rings (SSSR count). The molecule has 3 heterocycles. The number of rotatable bonds is 7. The Labute approximate surface area is 186 Å². The third-order valence-electron chi connectivity index (χ3n) is 6.31. The molecule has 1 saturated heterocycles. The smallest absolute Gasteiger partial charge is 0.345 e. The van der Waals surface area contributed by atoms with Gasteiger partial charge in [-0.05, 0) is 37.5 Å². The maximum Gasteiger partial charge on any atom is 0.345 e. The van der Waals surface area contributed by atoms with Crippen LogP contribution in [-0.4, -0.2) is 51.9 Å². The molecular weight excluding hydrogens is 467 g/mol. The second-order valence-electron chi connectivity index (χ2n) is 7.93. The average Bonchev–Trinajstić information content (AvgIpc) is 3.29. The molecule has 2 aliphatic rings. The second kappa shape index (κ2) is 11.2. The molecule has 2 aliphatic heterocycles. The van der Waals surface area contributed by atoms with Gasteiger partial charge in [0.15, 0.2) is 5.96 Å². The molecule has 28 heavy (non-hydrogen) atoms. The Morgan fingerprint density at radius 3 is 2.75 bits per heavy atom. The van der Waals surface area contributed by atoms with Crippen LogP contribution in [-0.2, 0) is 19.5 Å². The molecule has 1 N–H and O–H groups in total. The van der Waals surface area contributed by atoms with Crippen molar-refractivity contribution in [2.75, 3.05) is 26.7 Å². The summed E-state index contributed by atoms with van der Waals surface area (Å²) < 4.78 is 3.49. The molecule has 1 atom stereocenters. The summed E-state index contributed by atoms with van der Waals surface area (Å²) in [5.41, 5.74) is 0.0571. The van der Waals surface area contributed by atoms with Gasteiger partial charge in [0.05, 0.1) is 0 Å². The number of nitrogens with one attached hydrogen (secondary N) is 1. The van der Waals surface area contributed by atoms with Crippen molar-refractivity contribution in [3.63, 3.8) is 0 Å². The van der Waals surface area contributed by atoms with E-state index in [2.05, 4.69) is 34.2 Å². The Hall–Kier alpha value is -1.06. The number of hydrogen-bond donors (Lipinski definition) is 1. The summed E-state index contributed by atoms with van der Waals surface area (Å²) in [5.74, 6) is 3.57. The molecule has 0 aliphatic carbocycles. The number of halogens is 1. The number of hydrogen-bond acceptors (Lipinski definition) is 3. The lowest BCUT2D eigenvalue weighted by Crippen LogP contribution is -2.41. The van der Waals surface area contributed by atoms with Gasteiger partial charge in [0.25, 0.3) is 0 Å². The van der Waals surface area contributed by atoms with Gasteiger partial charge in [-0.2, -0.15) is 5.10 Å². The molecule has 8 heteroatoms. The second-order valence-corrected chi connectivity index (χ2v) is 7.93. The topological polar surface area (TPSA) is 67.5 Å². The molecule has 1 unspecified atom stereocenters. The molecule has 160 valence electrons. The SMILES string of the molecule is CCC(CC)C1CCN(C(=NC)NCCCn2nc3n(c2=O)CCCC3)C1.I. The number of aliphatic imine (C=N–C) groups is 1. The number of aryl methyl sites for hydroxylation is 2. The first-order valence-corrected chi connectivity index (χ1v) is 10.8. The van der Waals surface area contributed by atoms with E-state index < -0.39 is 0 Å². The summed E-state index contributed by atoms with van der Waals surface area (Å²) in [5, 5.41) is 8.00. The molecule has 0 amide bonds. The van der Waals surface area contributed by atoms with E-state index in [0.29, 0.717) is 6.54 Å². The Bertz CT molecular complexity index is 693. The van der Waals surface area contributed by atoms with Crippen LogP contribution in [0, 0.1) is 11.8 Å². The Kier molecular flexibility index (Phi) is 9.30. The van der Waals surface area contributed by atoms with Crippen LogP contribution >= 0.6 is 24.0 Å². The first-order chi connectivity index (χ1) is 13.2. The van der Waals surface area contributed by atoms with E-state index in [-0.39, 0.29) is 29.7 Å². The van der Waals surface area contributed by atoms with Crippen molar-refractivity contribution in [1.82, 2.24) is 24.6 Å². The number of aromatic nitrogens is 3. The standard InChI is InChI=1S/C20H36N6O.HI/c1-4-16(5-2)17-10-14-24(15-17)19(21-3)22-11-8-13-26-20(27)25-12-7-6-9-18(25)23-26;/h16-17H,4-15H2,1-3H3,(H,21,22);1H. The third kappa shape index (κ3) is 5.30. The number of guanidine groups is 1. The number of likely N-dealkylation sites (tertiary alicyclic amines) is 1. The number of fused-ring (bicyclic) bond motifs is 1. The van der Waals surface area contributed by atoms with Gasteiger partial charge in [-0.25, -0.2) is 9.48 Å². The van der Waals surface area contributed by atoms with Gasteiger partial charge < -0.3 is 10.2 Å². The van der Waals surface area contributed by atoms with Crippen LogP contribution in [0.2, 0.25) is 0 Å². The maximum absolute atomic E-state index is 12.4. The third-order valence-corrected chi connectivity index (χ3v) is 6.31. The van der Waals surface area contributed by atoms with E-state index in [1.807, 2.05) is 11.6 Å². The molecule has 7 nitrogen and oxygen atoms in total. The lowest BCUT2D eigenvalue weighted by atomic mass is 9.87. The van der Waals surface area contributed by atoms with Crippen molar-refractivity contribution < 1.29 is 0 Å². The van der Waals surface area contributed by atoms with Crippen molar-refractivity contribution in [3.05, 3.63) is 16.3 Å². The molecule has 0 radical (unpaired) electrons. The first kappa shape index (κ1) is 23.2. The molecule has 0 bridgehead atoms. The van der Waals surface area contributed by atoms with Crippen LogP contribution < -0.4 is 11.0 Å². The molecule has 0 saturated carbocycles. The molecule has 1 aromatic heterocycles. The molecule has 0 aromatic carbocycles. The van der Waals surface area contributed by atoms with Gasteiger partial charge in [-0.15, -0.1) is 24.0 Å². The van der Waals surface area contributed by atoms with Crippen molar-refractivity contribution in [3.8, 4) is 0 Å². The van der Waals surface area contributed by atoms with E-state index in [4.69, 9.17) is 0 Å². The highest BCUT2D eigenvalue weighted by Crippen LogP contribution is 2.28. The van der Waals surface area contributed by atoms with Crippen LogP contribution in [0.4, 0.5) is 0 Å². The lowest BCUT2D eigenvalue weighted by molar-refractivity contribution is 0.319. The van der Waals surface area contributed by atoms with Gasteiger partial charge in [0.2, 0.25) is 0 Å². The lowest BCUT2D eigenvalue weighted by Gasteiger charge is -2.24. The Morgan fingerprint density at radius 1 is 1.29 bits per heavy atom. The van der Waals surface area contributed by atoms with Gasteiger partial charge in [0.1, 0.15) is 5.82 Å². The first-order valence-electron chi connectivity index (χ1n) is 10.8. The zero-order valence-corrected chi connectivity index (χ0v) is 20.0. The van der Waals surface area contributed by atoms with Crippen LogP contribution in [0.25, 0.3) is 0 Å². The Morgan fingerprint density at radius 2 is 2.07 bits per heavy atom. The van der Waals surface area contributed by atoms with Crippen molar-refractivity contribution in [2.45, 2.75) is 71.9 Å². The quantitative estimate of drug-likeness (QED) is 0.269. The fourth-order valence-electron chi connectivity index (χ4n) is 4.68. The highest BCUT2D eigenvalue weighted by Gasteiger charge is 2.29. The minimum absolute atomic E-state index is 0. The fourth-order valence-corrected chi connectivity index (χ4v) is 4.68. The number of nitrogens with zero attached hydrogens (tertiary/aromatic N) is 5. The fraction of sp³-hybridized carbons (Fsp3) is 0.850. The molecule has 0 spiro atoms. The van der Waals surface area contributed by atoms with Gasteiger partial charge in [-0.3, -0.25) is 9.56 Å².